The van der Waals surface area contributed by atoms with E-state index in [-0.39, 0.29) is 5.82 Å². The molecular weight excluding hydrogens is 305 g/mol. The number of hydrogen-bond donors (Lipinski definition) is 0. The molecule has 0 N–H and O–H groups in total. The minimum Gasteiger partial charge on any atom is -0.299 e. The highest BCUT2D eigenvalue weighted by Gasteiger charge is 2.21. The van der Waals surface area contributed by atoms with Crippen molar-refractivity contribution in [2.45, 2.75) is 25.9 Å². The summed E-state index contributed by atoms with van der Waals surface area (Å²) < 4.78 is 15.8. The second kappa shape index (κ2) is 6.65. The summed E-state index contributed by atoms with van der Waals surface area (Å²) >= 11 is 0. The van der Waals surface area contributed by atoms with Crippen molar-refractivity contribution in [3.8, 4) is 0 Å². The summed E-state index contributed by atoms with van der Waals surface area (Å²) in [6.45, 7) is 3.65. The molecule has 3 aromatic rings. The minimum atomic E-state index is -0.193. The lowest BCUT2D eigenvalue weighted by molar-refractivity contribution is 0.153. The van der Waals surface area contributed by atoms with E-state index in [9.17, 15) is 4.39 Å². The van der Waals surface area contributed by atoms with Gasteiger partial charge in [0.15, 0.2) is 0 Å². The Morgan fingerprint density at radius 1 is 1.29 bits per heavy atom. The standard InChI is InChI=1S/C18H20FN5/c19-17-7-15-4-1-5-21-18(15)16(8-17)11-23-6-2-3-14(9-23)10-24-13-20-12-22-24/h1,4-5,7-8,12-14H,2-3,6,9-11H2. The summed E-state index contributed by atoms with van der Waals surface area (Å²) in [5, 5.41) is 5.06. The lowest BCUT2D eigenvalue weighted by atomic mass is 9.97. The van der Waals surface area contributed by atoms with Gasteiger partial charge in [-0.05, 0) is 49.1 Å². The van der Waals surface area contributed by atoms with Gasteiger partial charge in [0.2, 0.25) is 0 Å². The predicted molar refractivity (Wildman–Crippen MR) is 89.7 cm³/mol. The van der Waals surface area contributed by atoms with E-state index in [1.165, 1.54) is 6.42 Å². The quantitative estimate of drug-likeness (QED) is 0.740. The highest BCUT2D eigenvalue weighted by atomic mass is 19.1. The fourth-order valence-electron chi connectivity index (χ4n) is 3.62. The van der Waals surface area contributed by atoms with Crippen LogP contribution in [0.4, 0.5) is 4.39 Å². The molecule has 1 unspecified atom stereocenters. The molecule has 124 valence electrons. The third kappa shape index (κ3) is 3.28. The molecule has 4 rings (SSSR count). The number of benzene rings is 1. The van der Waals surface area contributed by atoms with Crippen LogP contribution in [0.1, 0.15) is 18.4 Å². The fourth-order valence-corrected chi connectivity index (χ4v) is 3.62. The molecule has 0 amide bonds. The fraction of sp³-hybridized carbons (Fsp3) is 0.389. The third-order valence-corrected chi connectivity index (χ3v) is 4.66. The summed E-state index contributed by atoms with van der Waals surface area (Å²) in [5.74, 6) is 0.356. The molecule has 1 aliphatic rings. The minimum absolute atomic E-state index is 0.193. The molecule has 0 saturated carbocycles. The molecule has 1 saturated heterocycles. The number of likely N-dealkylation sites (tertiary alicyclic amines) is 1. The van der Waals surface area contributed by atoms with Gasteiger partial charge in [-0.2, -0.15) is 5.10 Å². The van der Waals surface area contributed by atoms with Crippen LogP contribution in [0.2, 0.25) is 0 Å². The number of piperidine rings is 1. The number of fused-ring (bicyclic) bond motifs is 1. The van der Waals surface area contributed by atoms with E-state index in [0.29, 0.717) is 5.92 Å². The van der Waals surface area contributed by atoms with Crippen LogP contribution in [-0.4, -0.2) is 37.7 Å². The Morgan fingerprint density at radius 2 is 2.25 bits per heavy atom. The summed E-state index contributed by atoms with van der Waals surface area (Å²) in [7, 11) is 0. The second-order valence-electron chi connectivity index (χ2n) is 6.50. The molecule has 6 heteroatoms. The first-order valence-electron chi connectivity index (χ1n) is 8.36. The molecule has 0 bridgehead atoms. The van der Waals surface area contributed by atoms with E-state index in [1.807, 2.05) is 16.8 Å². The number of pyridine rings is 1. The van der Waals surface area contributed by atoms with Gasteiger partial charge in [0.1, 0.15) is 18.5 Å². The van der Waals surface area contributed by atoms with Crippen molar-refractivity contribution >= 4 is 10.9 Å². The second-order valence-corrected chi connectivity index (χ2v) is 6.50. The van der Waals surface area contributed by atoms with E-state index < -0.39 is 0 Å². The van der Waals surface area contributed by atoms with Gasteiger partial charge in [-0.25, -0.2) is 9.37 Å². The number of aromatic nitrogens is 4. The normalized spacial score (nSPS) is 19.0. The Morgan fingerprint density at radius 3 is 3.12 bits per heavy atom. The Bertz CT molecular complexity index is 817. The molecular formula is C18H20FN5. The highest BCUT2D eigenvalue weighted by Crippen LogP contribution is 2.24. The first-order valence-corrected chi connectivity index (χ1v) is 8.36. The van der Waals surface area contributed by atoms with Crippen molar-refractivity contribution in [3.05, 3.63) is 54.5 Å². The van der Waals surface area contributed by atoms with E-state index in [4.69, 9.17) is 0 Å². The largest absolute Gasteiger partial charge is 0.299 e. The monoisotopic (exact) mass is 325 g/mol. The third-order valence-electron chi connectivity index (χ3n) is 4.66. The van der Waals surface area contributed by atoms with E-state index in [1.54, 1.807) is 31.0 Å². The molecule has 1 aliphatic heterocycles. The van der Waals surface area contributed by atoms with Crippen LogP contribution in [0.5, 0.6) is 0 Å². The molecule has 0 radical (unpaired) electrons. The summed E-state index contributed by atoms with van der Waals surface area (Å²) in [5.41, 5.74) is 1.87. The number of halogens is 1. The van der Waals surface area contributed by atoms with Gasteiger partial charge in [0, 0.05) is 31.2 Å². The maximum absolute atomic E-state index is 13.9. The van der Waals surface area contributed by atoms with Crippen LogP contribution in [0.15, 0.2) is 43.1 Å². The van der Waals surface area contributed by atoms with Crippen LogP contribution in [-0.2, 0) is 13.1 Å². The lowest BCUT2D eigenvalue weighted by Crippen LogP contribution is -2.36. The molecule has 3 heterocycles. The molecule has 1 fully saturated rings. The molecule has 2 aromatic heterocycles. The van der Waals surface area contributed by atoms with Crippen molar-refractivity contribution in [2.75, 3.05) is 13.1 Å². The maximum Gasteiger partial charge on any atom is 0.137 e. The molecule has 1 atom stereocenters. The summed E-state index contributed by atoms with van der Waals surface area (Å²) in [4.78, 5) is 10.9. The summed E-state index contributed by atoms with van der Waals surface area (Å²) in [6.07, 6.45) is 7.46. The molecule has 5 nitrogen and oxygen atoms in total. The van der Waals surface area contributed by atoms with Gasteiger partial charge in [0.05, 0.1) is 5.52 Å². The first kappa shape index (κ1) is 15.2. The zero-order valence-electron chi connectivity index (χ0n) is 13.5. The Hall–Kier alpha value is -2.34. The SMILES string of the molecule is Fc1cc(CN2CCCC(Cn3cncn3)C2)c2ncccc2c1. The van der Waals surface area contributed by atoms with Gasteiger partial charge in [0.25, 0.3) is 0 Å². The van der Waals surface area contributed by atoms with Crippen molar-refractivity contribution < 1.29 is 4.39 Å². The topological polar surface area (TPSA) is 46.8 Å². The number of hydrogen-bond acceptors (Lipinski definition) is 4. The van der Waals surface area contributed by atoms with Crippen molar-refractivity contribution in [1.82, 2.24) is 24.6 Å². The average molecular weight is 325 g/mol. The van der Waals surface area contributed by atoms with Crippen LogP contribution in [0, 0.1) is 11.7 Å². The first-order chi connectivity index (χ1) is 11.8. The average Bonchev–Trinajstić information content (AvgIpc) is 3.08. The molecule has 0 spiro atoms. The lowest BCUT2D eigenvalue weighted by Gasteiger charge is -2.32. The van der Waals surface area contributed by atoms with Crippen molar-refractivity contribution in [2.24, 2.45) is 5.92 Å². The number of rotatable bonds is 4. The Labute approximate surface area is 140 Å². The van der Waals surface area contributed by atoms with Crippen molar-refractivity contribution in [1.29, 1.82) is 0 Å². The zero-order chi connectivity index (χ0) is 16.4. The van der Waals surface area contributed by atoms with E-state index >= 15 is 0 Å². The molecule has 24 heavy (non-hydrogen) atoms. The van der Waals surface area contributed by atoms with Gasteiger partial charge >= 0.3 is 0 Å². The van der Waals surface area contributed by atoms with Crippen LogP contribution in [0.3, 0.4) is 0 Å². The van der Waals surface area contributed by atoms with Gasteiger partial charge < -0.3 is 0 Å². The van der Waals surface area contributed by atoms with E-state index in [0.717, 1.165) is 49.1 Å². The van der Waals surface area contributed by atoms with E-state index in [2.05, 4.69) is 20.0 Å². The van der Waals surface area contributed by atoms with Crippen molar-refractivity contribution in [3.63, 3.8) is 0 Å². The highest BCUT2D eigenvalue weighted by molar-refractivity contribution is 5.81. The van der Waals surface area contributed by atoms with Gasteiger partial charge in [-0.15, -0.1) is 0 Å². The summed E-state index contributed by atoms with van der Waals surface area (Å²) in [6, 6.07) is 6.94. The molecule has 1 aromatic carbocycles. The predicted octanol–water partition coefficient (Wildman–Crippen LogP) is 2.88. The van der Waals surface area contributed by atoms with Gasteiger partial charge in [-0.1, -0.05) is 6.07 Å². The Kier molecular flexibility index (Phi) is 4.21. The van der Waals surface area contributed by atoms with Crippen LogP contribution >= 0.6 is 0 Å². The maximum atomic E-state index is 13.9. The number of nitrogens with zero attached hydrogens (tertiary/aromatic N) is 5. The van der Waals surface area contributed by atoms with Gasteiger partial charge in [-0.3, -0.25) is 14.6 Å². The molecule has 0 aliphatic carbocycles. The Balaban J connectivity index is 1.50. The van der Waals surface area contributed by atoms with Crippen LogP contribution < -0.4 is 0 Å². The van der Waals surface area contributed by atoms with Crippen LogP contribution in [0.25, 0.3) is 10.9 Å². The smallest absolute Gasteiger partial charge is 0.137 e. The zero-order valence-corrected chi connectivity index (χ0v) is 13.5.